The van der Waals surface area contributed by atoms with Gasteiger partial charge in [0.1, 0.15) is 5.82 Å². The highest BCUT2D eigenvalue weighted by Gasteiger charge is 2.30. The zero-order chi connectivity index (χ0) is 18.5. The molecule has 1 aliphatic heterocycles. The SMILES string of the molecule is Cn1cc(C(O)CC2CCCN2C(=O)NCCc2ccc(F)cc2)cn1. The Bertz CT molecular complexity index is 731. The molecule has 7 heteroatoms. The van der Waals surface area contributed by atoms with Gasteiger partial charge in [-0.25, -0.2) is 9.18 Å². The van der Waals surface area contributed by atoms with E-state index < -0.39 is 6.10 Å². The molecule has 2 N–H and O–H groups in total. The second-order valence-corrected chi connectivity index (χ2v) is 6.80. The van der Waals surface area contributed by atoms with E-state index >= 15 is 0 Å². The fraction of sp³-hybridized carbons (Fsp3) is 0.474. The molecule has 6 nitrogen and oxygen atoms in total. The van der Waals surface area contributed by atoms with Crippen molar-refractivity contribution in [2.24, 2.45) is 7.05 Å². The predicted octanol–water partition coefficient (Wildman–Crippen LogP) is 2.40. The topological polar surface area (TPSA) is 70.4 Å². The first kappa shape index (κ1) is 18.4. The van der Waals surface area contributed by atoms with E-state index in [1.807, 2.05) is 11.9 Å². The van der Waals surface area contributed by atoms with Crippen molar-refractivity contribution in [3.63, 3.8) is 0 Å². The van der Waals surface area contributed by atoms with E-state index in [-0.39, 0.29) is 17.9 Å². The molecule has 3 rings (SSSR count). The molecule has 1 fully saturated rings. The number of likely N-dealkylation sites (tertiary alicyclic amines) is 1. The van der Waals surface area contributed by atoms with Crippen molar-refractivity contribution in [3.05, 3.63) is 53.6 Å². The smallest absolute Gasteiger partial charge is 0.317 e. The van der Waals surface area contributed by atoms with Gasteiger partial charge >= 0.3 is 6.03 Å². The van der Waals surface area contributed by atoms with Gasteiger partial charge in [0.15, 0.2) is 0 Å². The summed E-state index contributed by atoms with van der Waals surface area (Å²) < 4.78 is 14.6. The van der Waals surface area contributed by atoms with Crippen LogP contribution in [0, 0.1) is 5.82 Å². The predicted molar refractivity (Wildman–Crippen MR) is 96.0 cm³/mol. The van der Waals surface area contributed by atoms with E-state index in [9.17, 15) is 14.3 Å². The largest absolute Gasteiger partial charge is 0.388 e. The second kappa shape index (κ2) is 8.31. The number of aromatic nitrogens is 2. The van der Waals surface area contributed by atoms with Gasteiger partial charge in [-0.3, -0.25) is 4.68 Å². The molecule has 2 unspecified atom stereocenters. The molecule has 0 saturated carbocycles. The van der Waals surface area contributed by atoms with Gasteiger partial charge in [0, 0.05) is 37.9 Å². The summed E-state index contributed by atoms with van der Waals surface area (Å²) in [6.07, 6.45) is 5.83. The summed E-state index contributed by atoms with van der Waals surface area (Å²) in [6.45, 7) is 1.20. The number of aryl methyl sites for hydroxylation is 1. The molecule has 140 valence electrons. The summed E-state index contributed by atoms with van der Waals surface area (Å²) in [6, 6.07) is 6.22. The zero-order valence-corrected chi connectivity index (χ0v) is 14.9. The zero-order valence-electron chi connectivity index (χ0n) is 14.9. The maximum Gasteiger partial charge on any atom is 0.317 e. The van der Waals surface area contributed by atoms with Gasteiger partial charge in [-0.15, -0.1) is 0 Å². The first-order valence-electron chi connectivity index (χ1n) is 8.98. The molecule has 1 aromatic heterocycles. The Balaban J connectivity index is 1.48. The van der Waals surface area contributed by atoms with Crippen LogP contribution in [0.5, 0.6) is 0 Å². The van der Waals surface area contributed by atoms with Crippen molar-refractivity contribution in [1.82, 2.24) is 20.0 Å². The van der Waals surface area contributed by atoms with E-state index in [0.29, 0.717) is 25.9 Å². The van der Waals surface area contributed by atoms with Crippen LogP contribution in [0.1, 0.15) is 36.5 Å². The van der Waals surface area contributed by atoms with E-state index in [0.717, 1.165) is 24.0 Å². The molecule has 0 radical (unpaired) electrons. The summed E-state index contributed by atoms with van der Waals surface area (Å²) in [7, 11) is 1.81. The molecular weight excluding hydrogens is 335 g/mol. The quantitative estimate of drug-likeness (QED) is 0.831. The van der Waals surface area contributed by atoms with Crippen LogP contribution in [0.15, 0.2) is 36.7 Å². The van der Waals surface area contributed by atoms with Crippen LogP contribution < -0.4 is 5.32 Å². The van der Waals surface area contributed by atoms with Crippen LogP contribution >= 0.6 is 0 Å². The van der Waals surface area contributed by atoms with E-state index in [1.165, 1.54) is 12.1 Å². The van der Waals surface area contributed by atoms with Gasteiger partial charge in [-0.05, 0) is 43.4 Å². The van der Waals surface area contributed by atoms with Crippen molar-refractivity contribution in [3.8, 4) is 0 Å². The maximum absolute atomic E-state index is 12.9. The van der Waals surface area contributed by atoms with Crippen molar-refractivity contribution >= 4 is 6.03 Å². The minimum atomic E-state index is -0.624. The number of hydrogen-bond donors (Lipinski definition) is 2. The van der Waals surface area contributed by atoms with Gasteiger partial charge in [0.05, 0.1) is 12.3 Å². The normalized spacial score (nSPS) is 18.1. The average molecular weight is 360 g/mol. The number of nitrogens with one attached hydrogen (secondary N) is 1. The minimum Gasteiger partial charge on any atom is -0.388 e. The summed E-state index contributed by atoms with van der Waals surface area (Å²) in [5, 5.41) is 17.4. The van der Waals surface area contributed by atoms with E-state index in [1.54, 1.807) is 29.2 Å². The fourth-order valence-corrected chi connectivity index (χ4v) is 3.42. The minimum absolute atomic E-state index is 0.0241. The number of rotatable bonds is 6. The third-order valence-electron chi connectivity index (χ3n) is 4.85. The second-order valence-electron chi connectivity index (χ2n) is 6.80. The highest BCUT2D eigenvalue weighted by Crippen LogP contribution is 2.27. The standard InChI is InChI=1S/C19H25FN4O2/c1-23-13-15(12-22-23)18(25)11-17-3-2-10-24(17)19(26)21-9-8-14-4-6-16(20)7-5-14/h4-7,12-13,17-18,25H,2-3,8-11H2,1H3,(H,21,26). The molecule has 1 aromatic carbocycles. The maximum atomic E-state index is 12.9. The summed E-state index contributed by atoms with van der Waals surface area (Å²) in [4.78, 5) is 14.3. The third kappa shape index (κ3) is 4.60. The molecule has 0 spiro atoms. The van der Waals surface area contributed by atoms with Crippen molar-refractivity contribution in [2.75, 3.05) is 13.1 Å². The molecule has 2 heterocycles. The van der Waals surface area contributed by atoms with Crippen LogP contribution in [0.3, 0.4) is 0 Å². The fourth-order valence-electron chi connectivity index (χ4n) is 3.42. The monoisotopic (exact) mass is 360 g/mol. The van der Waals surface area contributed by atoms with Crippen molar-refractivity contribution < 1.29 is 14.3 Å². The molecular formula is C19H25FN4O2. The first-order valence-corrected chi connectivity index (χ1v) is 8.98. The number of nitrogens with zero attached hydrogens (tertiary/aromatic N) is 3. The van der Waals surface area contributed by atoms with E-state index in [4.69, 9.17) is 0 Å². The van der Waals surface area contributed by atoms with Gasteiger partial charge in [-0.1, -0.05) is 12.1 Å². The lowest BCUT2D eigenvalue weighted by Gasteiger charge is -2.26. The Morgan fingerprint density at radius 3 is 2.88 bits per heavy atom. The Hall–Kier alpha value is -2.41. The number of aliphatic hydroxyl groups is 1. The number of hydrogen-bond acceptors (Lipinski definition) is 3. The highest BCUT2D eigenvalue weighted by molar-refractivity contribution is 5.74. The first-order chi connectivity index (χ1) is 12.5. The summed E-state index contributed by atoms with van der Waals surface area (Å²) in [5.41, 5.74) is 1.76. The molecule has 26 heavy (non-hydrogen) atoms. The van der Waals surface area contributed by atoms with Gasteiger partial charge in [-0.2, -0.15) is 5.10 Å². The Morgan fingerprint density at radius 2 is 2.19 bits per heavy atom. The lowest BCUT2D eigenvalue weighted by atomic mass is 10.0. The molecule has 1 saturated heterocycles. The lowest BCUT2D eigenvalue weighted by molar-refractivity contribution is 0.126. The lowest BCUT2D eigenvalue weighted by Crippen LogP contribution is -2.43. The number of benzene rings is 1. The molecule has 2 aromatic rings. The van der Waals surface area contributed by atoms with Crippen molar-refractivity contribution in [1.29, 1.82) is 0 Å². The van der Waals surface area contributed by atoms with Crippen LogP contribution in [-0.2, 0) is 13.5 Å². The number of amides is 2. The molecule has 1 aliphatic rings. The van der Waals surface area contributed by atoms with Gasteiger partial charge in [0.2, 0.25) is 0 Å². The van der Waals surface area contributed by atoms with Crippen molar-refractivity contribution in [2.45, 2.75) is 37.8 Å². The number of aliphatic hydroxyl groups excluding tert-OH is 1. The third-order valence-corrected chi connectivity index (χ3v) is 4.85. The van der Waals surface area contributed by atoms with Crippen LogP contribution in [0.2, 0.25) is 0 Å². The number of halogens is 1. The summed E-state index contributed by atoms with van der Waals surface area (Å²) in [5.74, 6) is -0.259. The molecule has 0 bridgehead atoms. The molecule has 2 amide bonds. The van der Waals surface area contributed by atoms with Crippen LogP contribution in [-0.4, -0.2) is 44.9 Å². The Labute approximate surface area is 152 Å². The van der Waals surface area contributed by atoms with Crippen LogP contribution in [0.25, 0.3) is 0 Å². The molecule has 2 atom stereocenters. The van der Waals surface area contributed by atoms with Gasteiger partial charge < -0.3 is 15.3 Å². The number of carbonyl (C=O) groups excluding carboxylic acids is 1. The Morgan fingerprint density at radius 1 is 1.42 bits per heavy atom. The molecule has 0 aliphatic carbocycles. The Kier molecular flexibility index (Phi) is 5.88. The average Bonchev–Trinajstić information content (AvgIpc) is 3.25. The highest BCUT2D eigenvalue weighted by atomic mass is 19.1. The number of urea groups is 1. The van der Waals surface area contributed by atoms with Crippen LogP contribution in [0.4, 0.5) is 9.18 Å². The van der Waals surface area contributed by atoms with E-state index in [2.05, 4.69) is 10.4 Å². The van der Waals surface area contributed by atoms with Gasteiger partial charge in [0.25, 0.3) is 0 Å². The number of carbonyl (C=O) groups is 1. The summed E-state index contributed by atoms with van der Waals surface area (Å²) >= 11 is 0.